The fourth-order valence-electron chi connectivity index (χ4n) is 6.61. The zero-order chi connectivity index (χ0) is 29.2. The van der Waals surface area contributed by atoms with E-state index < -0.39 is 14.0 Å². The number of nitrogens with zero attached hydrogens (tertiary/aromatic N) is 2. The predicted molar refractivity (Wildman–Crippen MR) is 171 cm³/mol. The largest absolute Gasteiger partial charge is 0.473 e. The predicted octanol–water partition coefficient (Wildman–Crippen LogP) is 7.06. The Morgan fingerprint density at radius 1 is 1.00 bits per heavy atom. The first-order valence-corrected chi connectivity index (χ1v) is 18.2. The van der Waals surface area contributed by atoms with Gasteiger partial charge in [-0.25, -0.2) is 4.57 Å². The van der Waals surface area contributed by atoms with E-state index in [1.54, 1.807) is 6.26 Å². The van der Waals surface area contributed by atoms with Crippen molar-refractivity contribution in [2.75, 3.05) is 0 Å². The molecular weight excluding hydrogens is 520 g/mol. The van der Waals surface area contributed by atoms with Gasteiger partial charge in [-0.2, -0.15) is 0 Å². The summed E-state index contributed by atoms with van der Waals surface area (Å²) >= 11 is 0. The summed E-state index contributed by atoms with van der Waals surface area (Å²) < 4.78 is 18.1. The summed E-state index contributed by atoms with van der Waals surface area (Å²) in [6, 6.07) is 17.5. The van der Waals surface area contributed by atoms with Crippen molar-refractivity contribution in [1.82, 2.24) is 0 Å². The number of rotatable bonds is 3. The van der Waals surface area contributed by atoms with Gasteiger partial charge in [0.1, 0.15) is 12.8 Å². The molecule has 0 saturated carbocycles. The molecule has 2 unspecified atom stereocenters. The number of hydrogen-bond donors (Lipinski definition) is 0. The third-order valence-electron chi connectivity index (χ3n) is 8.59. The van der Waals surface area contributed by atoms with E-state index in [0.29, 0.717) is 5.92 Å². The summed E-state index contributed by atoms with van der Waals surface area (Å²) in [6.45, 7) is 16.1. The highest BCUT2D eigenvalue weighted by Crippen LogP contribution is 2.39. The molecule has 6 rings (SSSR count). The van der Waals surface area contributed by atoms with Gasteiger partial charge in [-0.05, 0) is 41.1 Å². The quantitative estimate of drug-likeness (QED) is 0.152. The maximum atomic E-state index is 7.10. The summed E-state index contributed by atoms with van der Waals surface area (Å²) in [5.74, 6) is 0.0256. The minimum Gasteiger partial charge on any atom is -0.407 e. The second kappa shape index (κ2) is 9.69. The average molecular weight is 563 g/mol. The van der Waals surface area contributed by atoms with Crippen molar-refractivity contribution < 1.29 is 18.6 Å². The van der Waals surface area contributed by atoms with Gasteiger partial charge >= 0.3 is 5.91 Å². The summed E-state index contributed by atoms with van der Waals surface area (Å²) in [7, 11) is 0.479. The number of aromatic nitrogens is 2. The zero-order valence-corrected chi connectivity index (χ0v) is 26.7. The molecule has 3 heterocycles. The van der Waals surface area contributed by atoms with Crippen LogP contribution in [0.2, 0.25) is 19.6 Å². The van der Waals surface area contributed by atoms with E-state index in [1.807, 2.05) is 13.0 Å². The van der Waals surface area contributed by atoms with Crippen molar-refractivity contribution >= 4 is 41.0 Å². The molecule has 0 fully saturated rings. The van der Waals surface area contributed by atoms with Crippen molar-refractivity contribution in [3.63, 3.8) is 0 Å². The molecule has 2 aromatic heterocycles. The first kappa shape index (κ1) is 27.5. The standard InChI is InChI=1S/C36H42N2O2Si/c1-35(2,3)29-14-11-23-39-36(4,38-22-10-12-25-15-16-27(29)24-30(25)38)40-31-19-20-32(41(6,7)8)28-18-17-26-13-9-21-37(5)34(26)33(28)31/h9-23,27H,24H2,1-8H3/q+2. The van der Waals surface area contributed by atoms with Crippen LogP contribution in [0.25, 0.3) is 27.8 Å². The Labute approximate surface area is 245 Å². The normalized spacial score (nSPS) is 20.6. The molecular formula is C36H42N2O2Si+2. The first-order chi connectivity index (χ1) is 19.4. The number of aryl methyl sites for hydroxylation is 1. The van der Waals surface area contributed by atoms with Crippen LogP contribution in [0.1, 0.15) is 39.0 Å². The molecule has 210 valence electrons. The van der Waals surface area contributed by atoms with E-state index in [2.05, 4.69) is 136 Å². The Bertz CT molecular complexity index is 1770. The molecule has 1 aliphatic carbocycles. The molecule has 2 aromatic carbocycles. The number of fused-ring (bicyclic) bond motifs is 4. The smallest absolute Gasteiger partial charge is 0.407 e. The number of ether oxygens (including phenoxy) is 2. The van der Waals surface area contributed by atoms with E-state index in [9.17, 15) is 0 Å². The highest BCUT2D eigenvalue weighted by molar-refractivity contribution is 6.90. The Kier molecular flexibility index (Phi) is 6.49. The van der Waals surface area contributed by atoms with Crippen LogP contribution in [0.15, 0.2) is 91.0 Å². The topological polar surface area (TPSA) is 26.2 Å². The fourth-order valence-corrected chi connectivity index (χ4v) is 8.21. The Balaban J connectivity index is 1.59. The lowest BCUT2D eigenvalue weighted by Crippen LogP contribution is -2.62. The van der Waals surface area contributed by atoms with Gasteiger partial charge in [0.25, 0.3) is 0 Å². The maximum absolute atomic E-state index is 7.10. The number of benzene rings is 2. The molecule has 4 aromatic rings. The van der Waals surface area contributed by atoms with Crippen molar-refractivity contribution in [1.29, 1.82) is 0 Å². The van der Waals surface area contributed by atoms with Gasteiger partial charge in [0.05, 0.1) is 26.6 Å². The third kappa shape index (κ3) is 4.80. The lowest BCUT2D eigenvalue weighted by atomic mass is 9.74. The molecule has 2 aliphatic rings. The lowest BCUT2D eigenvalue weighted by molar-refractivity contribution is -0.844. The van der Waals surface area contributed by atoms with Gasteiger partial charge in [-0.15, -0.1) is 4.57 Å². The molecule has 0 amide bonds. The van der Waals surface area contributed by atoms with Crippen LogP contribution < -0.4 is 19.1 Å². The molecule has 0 radical (unpaired) electrons. The summed E-state index contributed by atoms with van der Waals surface area (Å²) in [4.78, 5) is 0. The fraction of sp³-hybridized carbons (Fsp3) is 0.333. The van der Waals surface area contributed by atoms with Crippen LogP contribution in [-0.2, 0) is 24.1 Å². The second-order valence-corrected chi connectivity index (χ2v) is 18.7. The molecule has 1 aliphatic heterocycles. The summed E-state index contributed by atoms with van der Waals surface area (Å²) in [5.41, 5.74) is 5.02. The minimum atomic E-state index is -1.64. The van der Waals surface area contributed by atoms with E-state index in [4.69, 9.17) is 9.47 Å². The van der Waals surface area contributed by atoms with E-state index in [1.165, 1.54) is 38.3 Å². The summed E-state index contributed by atoms with van der Waals surface area (Å²) in [5, 5.41) is 5.01. The SMILES string of the molecule is C[n+]1cccc2ccc3c([Si](C)(C)C)ccc(OC4(C)OC=CC=C(C(C)(C)C)C5C=Cc6ccc[n+]4c6C5)c3c21. The van der Waals surface area contributed by atoms with Crippen LogP contribution >= 0.6 is 0 Å². The molecule has 2 atom stereocenters. The molecule has 41 heavy (non-hydrogen) atoms. The Hall–Kier alpha value is -3.70. The van der Waals surface area contributed by atoms with Gasteiger partial charge in [-0.1, -0.05) is 81.5 Å². The summed E-state index contributed by atoms with van der Waals surface area (Å²) in [6.07, 6.45) is 15.8. The molecule has 0 spiro atoms. The van der Waals surface area contributed by atoms with Crippen LogP contribution in [-0.4, -0.2) is 8.07 Å². The number of pyridine rings is 2. The molecule has 0 saturated heterocycles. The number of allylic oxidation sites excluding steroid dienone is 4. The molecule has 5 heteroatoms. The van der Waals surface area contributed by atoms with Crippen LogP contribution in [0.4, 0.5) is 0 Å². The van der Waals surface area contributed by atoms with Crippen molar-refractivity contribution in [3.8, 4) is 5.75 Å². The minimum absolute atomic E-state index is 0.0447. The van der Waals surface area contributed by atoms with E-state index >= 15 is 0 Å². The van der Waals surface area contributed by atoms with Gasteiger partial charge in [0.15, 0.2) is 18.1 Å². The van der Waals surface area contributed by atoms with Gasteiger partial charge in [0.2, 0.25) is 5.52 Å². The zero-order valence-electron chi connectivity index (χ0n) is 25.7. The molecule has 4 nitrogen and oxygen atoms in total. The first-order valence-electron chi connectivity index (χ1n) is 14.7. The average Bonchev–Trinajstić information content (AvgIpc) is 2.91. The van der Waals surface area contributed by atoms with Gasteiger partial charge in [-0.3, -0.25) is 0 Å². The van der Waals surface area contributed by atoms with Crippen molar-refractivity contribution in [3.05, 3.63) is 102 Å². The number of hydrogen-bond acceptors (Lipinski definition) is 2. The second-order valence-electron chi connectivity index (χ2n) is 13.7. The van der Waals surface area contributed by atoms with E-state index in [-0.39, 0.29) is 5.41 Å². The van der Waals surface area contributed by atoms with Crippen molar-refractivity contribution in [2.24, 2.45) is 18.4 Å². The third-order valence-corrected chi connectivity index (χ3v) is 10.6. The molecule has 0 N–H and O–H groups in total. The van der Waals surface area contributed by atoms with Crippen LogP contribution in [0.5, 0.6) is 5.75 Å². The highest BCUT2D eigenvalue weighted by Gasteiger charge is 2.45. The van der Waals surface area contributed by atoms with Gasteiger partial charge < -0.3 is 9.47 Å². The Morgan fingerprint density at radius 3 is 2.54 bits per heavy atom. The monoisotopic (exact) mass is 562 g/mol. The maximum Gasteiger partial charge on any atom is 0.473 e. The van der Waals surface area contributed by atoms with E-state index in [0.717, 1.165) is 17.6 Å². The van der Waals surface area contributed by atoms with Gasteiger partial charge in [0, 0.05) is 35.4 Å². The molecule has 2 bridgehead atoms. The highest BCUT2D eigenvalue weighted by atomic mass is 28.3. The Morgan fingerprint density at radius 2 is 1.78 bits per heavy atom. The van der Waals surface area contributed by atoms with Crippen LogP contribution in [0, 0.1) is 11.3 Å². The lowest BCUT2D eigenvalue weighted by Gasteiger charge is -2.32. The van der Waals surface area contributed by atoms with Crippen LogP contribution in [0.3, 0.4) is 0 Å². The van der Waals surface area contributed by atoms with Crippen molar-refractivity contribution in [2.45, 2.75) is 59.7 Å².